The molecule has 2 heterocycles. The molecule has 0 aromatic rings. The molecule has 2 saturated heterocycles. The first-order valence-corrected chi connectivity index (χ1v) is 6.70. The monoisotopic (exact) mass is 243 g/mol. The van der Waals surface area contributed by atoms with Crippen LogP contribution in [0.25, 0.3) is 0 Å². The molecule has 4 nitrogen and oxygen atoms in total. The molecule has 2 rings (SSSR count). The summed E-state index contributed by atoms with van der Waals surface area (Å²) in [5.41, 5.74) is 0. The molecule has 0 bridgehead atoms. The highest BCUT2D eigenvalue weighted by atomic mass is 16.3. The molecule has 2 fully saturated rings. The zero-order valence-corrected chi connectivity index (χ0v) is 11.9. The average Bonchev–Trinajstić information content (AvgIpc) is 2.87. The van der Waals surface area contributed by atoms with Crippen LogP contribution in [0, 0.1) is 0 Å². The lowest BCUT2D eigenvalue weighted by Crippen LogP contribution is -2.30. The number of likely N-dealkylation sites (N-methyl/N-ethyl adjacent to an activating group) is 3. The zero-order valence-electron chi connectivity index (χ0n) is 11.9. The Kier molecular flexibility index (Phi) is 6.41. The minimum atomic E-state index is 0.330. The summed E-state index contributed by atoms with van der Waals surface area (Å²) in [5, 5.41) is 8.69. The predicted octanol–water partition coefficient (Wildman–Crippen LogP) is 0.325. The maximum absolute atomic E-state index is 8.69. The summed E-state index contributed by atoms with van der Waals surface area (Å²) >= 11 is 0. The van der Waals surface area contributed by atoms with E-state index in [0.717, 1.165) is 12.6 Å². The first-order chi connectivity index (χ1) is 8.04. The van der Waals surface area contributed by atoms with Crippen molar-refractivity contribution < 1.29 is 5.11 Å². The van der Waals surface area contributed by atoms with Crippen LogP contribution in [0.2, 0.25) is 0 Å². The van der Waals surface area contributed by atoms with Crippen molar-refractivity contribution in [3.8, 4) is 0 Å². The van der Waals surface area contributed by atoms with Crippen LogP contribution in [0.1, 0.15) is 19.3 Å². The molecule has 0 saturated carbocycles. The van der Waals surface area contributed by atoms with Crippen LogP contribution < -0.4 is 0 Å². The van der Waals surface area contributed by atoms with Gasteiger partial charge in [0.05, 0.1) is 6.61 Å². The molecule has 17 heavy (non-hydrogen) atoms. The second-order valence-corrected chi connectivity index (χ2v) is 5.63. The molecular formula is C13H29N3O. The fraction of sp³-hybridized carbons (Fsp3) is 1.00. The molecule has 0 amide bonds. The lowest BCUT2D eigenvalue weighted by Gasteiger charge is -2.17. The zero-order chi connectivity index (χ0) is 12.8. The van der Waals surface area contributed by atoms with Gasteiger partial charge in [-0.2, -0.15) is 0 Å². The Labute approximate surface area is 106 Å². The van der Waals surface area contributed by atoms with Crippen LogP contribution in [-0.4, -0.2) is 86.3 Å². The minimum absolute atomic E-state index is 0.330. The molecule has 4 heteroatoms. The van der Waals surface area contributed by atoms with Gasteiger partial charge in [0.15, 0.2) is 0 Å². The van der Waals surface area contributed by atoms with Gasteiger partial charge in [-0.3, -0.25) is 0 Å². The Bertz CT molecular complexity index is 211. The van der Waals surface area contributed by atoms with Gasteiger partial charge in [0.2, 0.25) is 0 Å². The lowest BCUT2D eigenvalue weighted by atomic mass is 10.2. The highest BCUT2D eigenvalue weighted by Gasteiger charge is 2.20. The SMILES string of the molecule is CN1CCC(N(C)C)C1.CN1CCCC1CO. The summed E-state index contributed by atoms with van der Waals surface area (Å²) in [4.78, 5) is 6.90. The van der Waals surface area contributed by atoms with Crippen molar-refractivity contribution in [2.24, 2.45) is 0 Å². The van der Waals surface area contributed by atoms with E-state index in [0.29, 0.717) is 12.6 Å². The van der Waals surface area contributed by atoms with Crippen LogP contribution in [0.3, 0.4) is 0 Å². The van der Waals surface area contributed by atoms with Crippen molar-refractivity contribution in [3.05, 3.63) is 0 Å². The Balaban J connectivity index is 0.000000171. The molecule has 2 atom stereocenters. The van der Waals surface area contributed by atoms with Crippen molar-refractivity contribution in [2.45, 2.75) is 31.3 Å². The van der Waals surface area contributed by atoms with E-state index in [1.165, 1.54) is 32.4 Å². The summed E-state index contributed by atoms with van der Waals surface area (Å²) in [7, 11) is 8.56. The number of aliphatic hydroxyl groups is 1. The number of rotatable bonds is 2. The second-order valence-electron chi connectivity index (χ2n) is 5.63. The molecule has 102 valence electrons. The number of hydrogen-bond acceptors (Lipinski definition) is 4. The van der Waals surface area contributed by atoms with E-state index in [1.807, 2.05) is 0 Å². The van der Waals surface area contributed by atoms with Gasteiger partial charge in [0, 0.05) is 18.6 Å². The van der Waals surface area contributed by atoms with Crippen molar-refractivity contribution in [3.63, 3.8) is 0 Å². The first kappa shape index (κ1) is 14.9. The highest BCUT2D eigenvalue weighted by molar-refractivity contribution is 4.78. The van der Waals surface area contributed by atoms with Crippen molar-refractivity contribution in [1.82, 2.24) is 14.7 Å². The summed E-state index contributed by atoms with van der Waals surface area (Å²) in [5.74, 6) is 0. The number of likely N-dealkylation sites (tertiary alicyclic amines) is 2. The number of nitrogens with zero attached hydrogens (tertiary/aromatic N) is 3. The lowest BCUT2D eigenvalue weighted by molar-refractivity contribution is 0.182. The summed E-state index contributed by atoms with van der Waals surface area (Å²) in [6.45, 7) is 4.00. The molecule has 0 radical (unpaired) electrons. The van der Waals surface area contributed by atoms with Gasteiger partial charge in [-0.15, -0.1) is 0 Å². The van der Waals surface area contributed by atoms with Gasteiger partial charge < -0.3 is 19.8 Å². The second kappa shape index (κ2) is 7.31. The Hall–Kier alpha value is -0.160. The first-order valence-electron chi connectivity index (χ1n) is 6.70. The van der Waals surface area contributed by atoms with Crippen molar-refractivity contribution in [1.29, 1.82) is 0 Å². The van der Waals surface area contributed by atoms with Crippen molar-refractivity contribution in [2.75, 3.05) is 54.4 Å². The summed E-state index contributed by atoms with van der Waals surface area (Å²) < 4.78 is 0. The fourth-order valence-corrected chi connectivity index (χ4v) is 2.54. The van der Waals surface area contributed by atoms with Gasteiger partial charge in [-0.25, -0.2) is 0 Å². The average molecular weight is 243 g/mol. The molecule has 0 aromatic carbocycles. The molecule has 1 N–H and O–H groups in total. The van der Waals surface area contributed by atoms with Crippen LogP contribution in [-0.2, 0) is 0 Å². The van der Waals surface area contributed by atoms with Gasteiger partial charge in [0.1, 0.15) is 0 Å². The van der Waals surface area contributed by atoms with E-state index in [-0.39, 0.29) is 0 Å². The molecule has 2 aliphatic rings. The minimum Gasteiger partial charge on any atom is -0.395 e. The van der Waals surface area contributed by atoms with E-state index in [4.69, 9.17) is 5.11 Å². The third-order valence-corrected chi connectivity index (χ3v) is 3.98. The Morgan fingerprint density at radius 2 is 1.88 bits per heavy atom. The van der Waals surface area contributed by atoms with Crippen LogP contribution in [0.15, 0.2) is 0 Å². The van der Waals surface area contributed by atoms with Crippen LogP contribution in [0.5, 0.6) is 0 Å². The highest BCUT2D eigenvalue weighted by Crippen LogP contribution is 2.12. The van der Waals surface area contributed by atoms with Gasteiger partial charge in [-0.1, -0.05) is 0 Å². The van der Waals surface area contributed by atoms with Gasteiger partial charge in [-0.05, 0) is 60.5 Å². The Morgan fingerprint density at radius 3 is 2.12 bits per heavy atom. The van der Waals surface area contributed by atoms with Gasteiger partial charge >= 0.3 is 0 Å². The van der Waals surface area contributed by atoms with E-state index in [9.17, 15) is 0 Å². The van der Waals surface area contributed by atoms with E-state index in [2.05, 4.69) is 42.9 Å². The largest absolute Gasteiger partial charge is 0.395 e. The molecule has 2 aliphatic heterocycles. The fourth-order valence-electron chi connectivity index (χ4n) is 2.54. The molecule has 0 aliphatic carbocycles. The molecule has 0 spiro atoms. The standard InChI is InChI=1S/C7H16N2.C6H13NO/c1-8(2)7-4-5-9(3)6-7;1-7-4-2-3-6(7)5-8/h7H,4-6H2,1-3H3;6,8H,2-5H2,1H3. The number of hydrogen-bond donors (Lipinski definition) is 1. The molecular weight excluding hydrogens is 214 g/mol. The summed E-state index contributed by atoms with van der Waals surface area (Å²) in [6.07, 6.45) is 3.76. The van der Waals surface area contributed by atoms with Crippen molar-refractivity contribution >= 4 is 0 Å². The Morgan fingerprint density at radius 1 is 1.18 bits per heavy atom. The molecule has 0 aromatic heterocycles. The maximum Gasteiger partial charge on any atom is 0.0586 e. The number of aliphatic hydroxyl groups excluding tert-OH is 1. The van der Waals surface area contributed by atoms with E-state index >= 15 is 0 Å². The van der Waals surface area contributed by atoms with E-state index in [1.54, 1.807) is 0 Å². The smallest absolute Gasteiger partial charge is 0.0586 e. The van der Waals surface area contributed by atoms with E-state index < -0.39 is 0 Å². The summed E-state index contributed by atoms with van der Waals surface area (Å²) in [6, 6.07) is 1.25. The third-order valence-electron chi connectivity index (χ3n) is 3.98. The molecule has 2 unspecified atom stereocenters. The van der Waals surface area contributed by atoms with Crippen LogP contribution in [0.4, 0.5) is 0 Å². The van der Waals surface area contributed by atoms with Gasteiger partial charge in [0.25, 0.3) is 0 Å². The quantitative estimate of drug-likeness (QED) is 0.757. The third kappa shape index (κ3) is 4.92. The maximum atomic E-state index is 8.69. The predicted molar refractivity (Wildman–Crippen MR) is 72.3 cm³/mol. The topological polar surface area (TPSA) is 30.0 Å². The van der Waals surface area contributed by atoms with Crippen LogP contribution >= 0.6 is 0 Å². The normalized spacial score (nSPS) is 30.7.